The van der Waals surface area contributed by atoms with Crippen LogP contribution in [0.4, 0.5) is 4.79 Å². The van der Waals surface area contributed by atoms with Crippen molar-refractivity contribution in [2.24, 2.45) is 0 Å². The molecule has 0 bridgehead atoms. The van der Waals surface area contributed by atoms with Crippen molar-refractivity contribution < 1.29 is 14.0 Å². The summed E-state index contributed by atoms with van der Waals surface area (Å²) in [5.74, 6) is 0. The van der Waals surface area contributed by atoms with E-state index in [4.69, 9.17) is 9.16 Å². The van der Waals surface area contributed by atoms with Gasteiger partial charge in [-0.25, -0.2) is 4.79 Å². The van der Waals surface area contributed by atoms with E-state index in [1.807, 2.05) is 32.9 Å². The number of hydrogen-bond donors (Lipinski definition) is 0. The molecule has 3 rings (SSSR count). The summed E-state index contributed by atoms with van der Waals surface area (Å²) in [4.78, 5) is 14.7. The van der Waals surface area contributed by atoms with Crippen LogP contribution in [-0.4, -0.2) is 37.7 Å². The zero-order valence-electron chi connectivity index (χ0n) is 19.1. The van der Waals surface area contributed by atoms with Crippen LogP contribution in [0.1, 0.15) is 54.4 Å². The van der Waals surface area contributed by atoms with Gasteiger partial charge in [0.2, 0.25) is 0 Å². The van der Waals surface area contributed by atoms with Crippen LogP contribution in [0, 0.1) is 0 Å². The number of benzene rings is 2. The lowest BCUT2D eigenvalue weighted by molar-refractivity contribution is 0.00628. The molecule has 0 aliphatic heterocycles. The summed E-state index contributed by atoms with van der Waals surface area (Å²) >= 11 is 0. The molecule has 0 aromatic heterocycles. The average Bonchev–Trinajstić information content (AvgIpc) is 3.49. The Morgan fingerprint density at radius 1 is 0.900 bits per heavy atom. The van der Waals surface area contributed by atoms with Crippen LogP contribution >= 0.6 is 0 Å². The largest absolute Gasteiger partial charge is 0.444 e. The molecule has 30 heavy (non-hydrogen) atoms. The fraction of sp³-hybridized carbons (Fsp3) is 0.480. The first-order valence-corrected chi connectivity index (χ1v) is 12.7. The van der Waals surface area contributed by atoms with E-state index in [1.54, 1.807) is 4.90 Å². The van der Waals surface area contributed by atoms with Gasteiger partial charge in [-0.15, -0.1) is 0 Å². The Bertz CT molecular complexity index is 797. The Morgan fingerprint density at radius 3 is 1.73 bits per heavy atom. The van der Waals surface area contributed by atoms with E-state index in [0.717, 1.165) is 12.8 Å². The van der Waals surface area contributed by atoms with Crippen molar-refractivity contribution in [1.82, 2.24) is 4.90 Å². The summed E-state index contributed by atoms with van der Waals surface area (Å²) in [6.07, 6.45) is 1.72. The SMILES string of the molecule is CC(C)(C)OC(=O)N(CO[Si](c1ccccc1)(c1ccccc1)C(C)(C)C)C1CC1. The third-order valence-corrected chi connectivity index (χ3v) is 10.4. The molecule has 2 aromatic rings. The Balaban J connectivity index is 2.00. The molecule has 0 spiro atoms. The second kappa shape index (κ2) is 8.56. The molecular weight excluding hydrogens is 390 g/mol. The van der Waals surface area contributed by atoms with Gasteiger partial charge in [0.1, 0.15) is 12.3 Å². The van der Waals surface area contributed by atoms with Crippen LogP contribution < -0.4 is 10.4 Å². The van der Waals surface area contributed by atoms with E-state index in [1.165, 1.54) is 10.4 Å². The quantitative estimate of drug-likeness (QED) is 0.487. The minimum atomic E-state index is -2.68. The van der Waals surface area contributed by atoms with Crippen LogP contribution in [0.5, 0.6) is 0 Å². The first kappa shape index (κ1) is 22.6. The zero-order valence-corrected chi connectivity index (χ0v) is 20.1. The van der Waals surface area contributed by atoms with Gasteiger partial charge in [-0.05, 0) is 49.0 Å². The fourth-order valence-electron chi connectivity index (χ4n) is 3.94. The lowest BCUT2D eigenvalue weighted by atomic mass is 10.2. The van der Waals surface area contributed by atoms with E-state index < -0.39 is 13.9 Å². The minimum absolute atomic E-state index is 0.126. The maximum absolute atomic E-state index is 12.9. The highest BCUT2D eigenvalue weighted by molar-refractivity contribution is 6.99. The molecule has 0 heterocycles. The van der Waals surface area contributed by atoms with Crippen molar-refractivity contribution in [2.75, 3.05) is 6.73 Å². The Morgan fingerprint density at radius 2 is 1.37 bits per heavy atom. The number of rotatable bonds is 6. The van der Waals surface area contributed by atoms with E-state index in [0.29, 0.717) is 0 Å². The van der Waals surface area contributed by atoms with Crippen molar-refractivity contribution in [3.05, 3.63) is 60.7 Å². The van der Waals surface area contributed by atoms with E-state index in [-0.39, 0.29) is 23.9 Å². The van der Waals surface area contributed by atoms with Gasteiger partial charge in [0, 0.05) is 6.04 Å². The summed E-state index contributed by atoms with van der Waals surface area (Å²) in [7, 11) is -2.68. The number of amides is 1. The first-order chi connectivity index (χ1) is 14.0. The number of nitrogens with zero attached hydrogens (tertiary/aromatic N) is 1. The molecular formula is C25H35NO3Si. The van der Waals surface area contributed by atoms with E-state index in [2.05, 4.69) is 69.3 Å². The van der Waals surface area contributed by atoms with E-state index in [9.17, 15) is 4.79 Å². The van der Waals surface area contributed by atoms with Gasteiger partial charge in [0.05, 0.1) is 0 Å². The van der Waals surface area contributed by atoms with Gasteiger partial charge in [0.25, 0.3) is 8.32 Å². The number of carbonyl (C=O) groups is 1. The molecule has 162 valence electrons. The highest BCUT2D eigenvalue weighted by atomic mass is 28.4. The van der Waals surface area contributed by atoms with Crippen molar-refractivity contribution in [3.63, 3.8) is 0 Å². The summed E-state index contributed by atoms with van der Waals surface area (Å²) in [5, 5.41) is 2.30. The van der Waals surface area contributed by atoms with Gasteiger partial charge in [0.15, 0.2) is 0 Å². The fourth-order valence-corrected chi connectivity index (χ4v) is 8.43. The van der Waals surface area contributed by atoms with Crippen molar-refractivity contribution in [2.45, 2.75) is 71.1 Å². The predicted molar refractivity (Wildman–Crippen MR) is 125 cm³/mol. The number of hydrogen-bond acceptors (Lipinski definition) is 3. The van der Waals surface area contributed by atoms with Gasteiger partial charge in [-0.3, -0.25) is 4.90 Å². The second-order valence-electron chi connectivity index (χ2n) is 10.1. The molecule has 2 aromatic carbocycles. The number of carbonyl (C=O) groups excluding carboxylic acids is 1. The van der Waals surface area contributed by atoms with Crippen LogP contribution in [0.2, 0.25) is 5.04 Å². The van der Waals surface area contributed by atoms with Gasteiger partial charge < -0.3 is 9.16 Å². The molecule has 4 nitrogen and oxygen atoms in total. The summed E-state index contributed by atoms with van der Waals surface area (Å²) in [5.41, 5.74) is -0.526. The molecule has 1 saturated carbocycles. The molecule has 0 atom stereocenters. The highest BCUT2D eigenvalue weighted by Gasteiger charge is 2.51. The summed E-state index contributed by atoms with van der Waals surface area (Å²) in [6, 6.07) is 21.2. The molecule has 5 heteroatoms. The Kier molecular flexibility index (Phi) is 6.44. The smallest absolute Gasteiger partial charge is 0.412 e. The van der Waals surface area contributed by atoms with Crippen molar-refractivity contribution >= 4 is 24.8 Å². The predicted octanol–water partition coefficient (Wildman–Crippen LogP) is 4.92. The van der Waals surface area contributed by atoms with Crippen LogP contribution in [0.25, 0.3) is 0 Å². The highest BCUT2D eigenvalue weighted by Crippen LogP contribution is 2.37. The maximum atomic E-state index is 12.9. The van der Waals surface area contributed by atoms with E-state index >= 15 is 0 Å². The third kappa shape index (κ3) is 4.95. The third-order valence-electron chi connectivity index (χ3n) is 5.45. The van der Waals surface area contributed by atoms with Crippen LogP contribution in [0.3, 0.4) is 0 Å². The van der Waals surface area contributed by atoms with Crippen molar-refractivity contribution in [3.8, 4) is 0 Å². The average molecular weight is 426 g/mol. The lowest BCUT2D eigenvalue weighted by Gasteiger charge is -2.44. The molecule has 1 aliphatic carbocycles. The topological polar surface area (TPSA) is 38.8 Å². The van der Waals surface area contributed by atoms with Gasteiger partial charge >= 0.3 is 6.09 Å². The lowest BCUT2D eigenvalue weighted by Crippen LogP contribution is -2.67. The van der Waals surface area contributed by atoms with Crippen molar-refractivity contribution in [1.29, 1.82) is 0 Å². The number of ether oxygens (including phenoxy) is 1. The summed E-state index contributed by atoms with van der Waals surface area (Å²) in [6.45, 7) is 12.7. The van der Waals surface area contributed by atoms with Gasteiger partial charge in [-0.2, -0.15) is 0 Å². The maximum Gasteiger partial charge on any atom is 0.412 e. The summed E-state index contributed by atoms with van der Waals surface area (Å²) < 4.78 is 12.6. The van der Waals surface area contributed by atoms with Crippen LogP contribution in [-0.2, 0) is 9.16 Å². The molecule has 0 N–H and O–H groups in total. The molecule has 0 unspecified atom stereocenters. The zero-order chi connectivity index (χ0) is 22.0. The normalized spacial score (nSPS) is 15.0. The monoisotopic (exact) mass is 425 g/mol. The van der Waals surface area contributed by atoms with Crippen LogP contribution in [0.15, 0.2) is 60.7 Å². The van der Waals surface area contributed by atoms with Gasteiger partial charge in [-0.1, -0.05) is 81.4 Å². The first-order valence-electron chi connectivity index (χ1n) is 10.8. The Labute approximate surface area is 182 Å². The molecule has 1 amide bonds. The molecule has 0 saturated heterocycles. The second-order valence-corrected chi connectivity index (χ2v) is 14.4. The Hall–Kier alpha value is -2.11. The molecule has 1 fully saturated rings. The minimum Gasteiger partial charge on any atom is -0.444 e. The molecule has 0 radical (unpaired) electrons. The molecule has 1 aliphatic rings. The standard InChI is InChI=1S/C25H35NO3Si/c1-24(2,3)29-23(27)26(20-17-18-20)19-28-30(25(4,5)6,21-13-9-7-10-14-21)22-15-11-8-12-16-22/h7-16,20H,17-19H2,1-6H3.